The molecule has 1 aromatic heterocycles. The van der Waals surface area contributed by atoms with Crippen LogP contribution in [-0.4, -0.2) is 9.93 Å². The number of halogens is 1. The van der Waals surface area contributed by atoms with Crippen molar-refractivity contribution in [3.05, 3.63) is 87.2 Å². The van der Waals surface area contributed by atoms with E-state index in [4.69, 9.17) is 16.3 Å². The van der Waals surface area contributed by atoms with Crippen molar-refractivity contribution in [3.63, 3.8) is 0 Å². The number of ether oxygens (including phenoxy) is 1. The Morgan fingerprint density at radius 2 is 1.88 bits per heavy atom. The van der Waals surface area contributed by atoms with Gasteiger partial charge in [0.2, 0.25) is 0 Å². The average Bonchev–Trinajstić information content (AvgIpc) is 3.56. The fourth-order valence-electron chi connectivity index (χ4n) is 3.53. The second-order valence-corrected chi connectivity index (χ2v) is 9.01. The van der Waals surface area contributed by atoms with E-state index in [-0.39, 0.29) is 45.7 Å². The third kappa shape index (κ3) is 4.65. The maximum atomic E-state index is 12.4. The molecule has 0 saturated heterocycles. The number of aromatic nitrogens is 1. The quantitative estimate of drug-likeness (QED) is 0.399. The molecule has 32 heavy (non-hydrogen) atoms. The third-order valence-corrected chi connectivity index (χ3v) is 6.84. The van der Waals surface area contributed by atoms with Crippen molar-refractivity contribution in [2.45, 2.75) is 25.5 Å². The number of hydrogen-bond acceptors (Lipinski definition) is 5. The molecule has 1 aliphatic carbocycles. The molecule has 0 radical (unpaired) electrons. The molecule has 156 valence electrons. The molecule has 8 heteroatoms. The summed E-state index contributed by atoms with van der Waals surface area (Å²) in [6, 6.07) is 18.4. The zero-order valence-electron chi connectivity index (χ0n) is 17.3. The van der Waals surface area contributed by atoms with Crippen LogP contribution < -0.4 is 45.0 Å². The molecule has 0 unspecified atom stereocenters. The topological polar surface area (TPSA) is 71.4 Å². The first-order valence-electron chi connectivity index (χ1n) is 9.88. The summed E-state index contributed by atoms with van der Waals surface area (Å²) in [7, 11) is 0. The van der Waals surface area contributed by atoms with Crippen molar-refractivity contribution in [2.24, 2.45) is 0 Å². The van der Waals surface area contributed by atoms with Gasteiger partial charge in [0.05, 0.1) is 16.1 Å². The average molecular weight is 474 g/mol. The Morgan fingerprint density at radius 1 is 1.09 bits per heavy atom. The van der Waals surface area contributed by atoms with Crippen molar-refractivity contribution in [1.82, 2.24) is 3.96 Å². The molecule has 0 atom stereocenters. The minimum Gasteiger partial charge on any atom is -0.545 e. The Hall–Kier alpha value is -2.09. The molecule has 1 fully saturated rings. The fourth-order valence-corrected chi connectivity index (χ4v) is 4.90. The van der Waals surface area contributed by atoms with E-state index in [1.807, 2.05) is 46.4 Å². The summed E-state index contributed by atoms with van der Waals surface area (Å²) in [5, 5.41) is 12.1. The second kappa shape index (κ2) is 9.41. The molecule has 1 saturated carbocycles. The van der Waals surface area contributed by atoms with Gasteiger partial charge in [0.1, 0.15) is 12.4 Å². The Balaban J connectivity index is 0.00000245. The van der Waals surface area contributed by atoms with Gasteiger partial charge in [0, 0.05) is 16.6 Å². The molecular weight excluding hydrogens is 457 g/mol. The molecule has 1 heterocycles. The summed E-state index contributed by atoms with van der Waals surface area (Å²) in [6.07, 6.45) is 2.15. The van der Waals surface area contributed by atoms with Crippen molar-refractivity contribution in [3.8, 4) is 16.9 Å². The molecular formula is C24H17ClNNaO4S. The monoisotopic (exact) mass is 473 g/mol. The van der Waals surface area contributed by atoms with Gasteiger partial charge in [-0.25, -0.2) is 0 Å². The van der Waals surface area contributed by atoms with Gasteiger partial charge in [-0.3, -0.25) is 8.75 Å². The molecule has 0 amide bonds. The molecule has 0 N–H and O–H groups in total. The summed E-state index contributed by atoms with van der Waals surface area (Å²) < 4.78 is 8.76. The molecule has 0 bridgehead atoms. The molecule has 4 aromatic rings. The summed E-state index contributed by atoms with van der Waals surface area (Å²) in [5.74, 6) is -0.604. The third-order valence-electron chi connectivity index (χ3n) is 5.31. The summed E-state index contributed by atoms with van der Waals surface area (Å²) in [4.78, 5) is 23.7. The van der Waals surface area contributed by atoms with Gasteiger partial charge >= 0.3 is 29.6 Å². The number of carboxylic acids is 1. The number of carboxylic acid groups (broad SMARTS) is 1. The van der Waals surface area contributed by atoms with Gasteiger partial charge < -0.3 is 14.6 Å². The molecule has 0 spiro atoms. The van der Waals surface area contributed by atoms with E-state index in [0.717, 1.165) is 39.6 Å². The molecule has 0 aliphatic heterocycles. The normalized spacial score (nSPS) is 13.0. The largest absolute Gasteiger partial charge is 1.00 e. The van der Waals surface area contributed by atoms with Crippen LogP contribution in [0.3, 0.4) is 0 Å². The fraction of sp³-hybridized carbons (Fsp3) is 0.167. The molecule has 5 nitrogen and oxygen atoms in total. The Kier molecular flexibility index (Phi) is 6.79. The van der Waals surface area contributed by atoms with Crippen molar-refractivity contribution in [2.75, 3.05) is 0 Å². The van der Waals surface area contributed by atoms with E-state index in [0.29, 0.717) is 18.4 Å². The number of hydrogen-bond donors (Lipinski definition) is 0. The second-order valence-electron chi connectivity index (χ2n) is 7.58. The summed E-state index contributed by atoms with van der Waals surface area (Å²) in [6.45, 7) is 0.346. The van der Waals surface area contributed by atoms with Gasteiger partial charge in [-0.2, -0.15) is 0 Å². The van der Waals surface area contributed by atoms with E-state index >= 15 is 0 Å². The van der Waals surface area contributed by atoms with Crippen molar-refractivity contribution in [1.29, 1.82) is 0 Å². The van der Waals surface area contributed by atoms with E-state index in [1.54, 1.807) is 12.1 Å². The Morgan fingerprint density at radius 3 is 2.62 bits per heavy atom. The van der Waals surface area contributed by atoms with Gasteiger partial charge in [-0.1, -0.05) is 47.4 Å². The van der Waals surface area contributed by atoms with Crippen LogP contribution in [-0.2, 0) is 6.61 Å². The van der Waals surface area contributed by atoms with Crippen LogP contribution in [0.25, 0.3) is 21.2 Å². The van der Waals surface area contributed by atoms with E-state index in [1.165, 1.54) is 17.6 Å². The number of carbonyl (C=O) groups is 1. The smallest absolute Gasteiger partial charge is 0.545 e. The number of fused-ring (bicyclic) bond motifs is 1. The van der Waals surface area contributed by atoms with Crippen LogP contribution in [0.1, 0.15) is 34.8 Å². The van der Waals surface area contributed by atoms with Gasteiger partial charge in [0.25, 0.3) is 5.56 Å². The molecule has 5 rings (SSSR count). The number of aromatic carboxylic acids is 1. The first-order chi connectivity index (χ1) is 15.0. The number of benzene rings is 3. The number of rotatable bonds is 6. The van der Waals surface area contributed by atoms with Gasteiger partial charge in [-0.15, -0.1) is 0 Å². The predicted octanol–water partition coefficient (Wildman–Crippen LogP) is 1.66. The first kappa shape index (κ1) is 23.1. The molecule has 3 aromatic carbocycles. The molecule has 1 aliphatic rings. The minimum absolute atomic E-state index is 0. The van der Waals surface area contributed by atoms with Crippen LogP contribution in [0.2, 0.25) is 5.02 Å². The van der Waals surface area contributed by atoms with Gasteiger partial charge in [-0.05, 0) is 65.9 Å². The maximum Gasteiger partial charge on any atom is 1.00 e. The van der Waals surface area contributed by atoms with Crippen LogP contribution in [0.5, 0.6) is 5.75 Å². The van der Waals surface area contributed by atoms with E-state index < -0.39 is 5.97 Å². The first-order valence-corrected chi connectivity index (χ1v) is 11.0. The van der Waals surface area contributed by atoms with Crippen LogP contribution in [0.15, 0.2) is 65.5 Å². The summed E-state index contributed by atoms with van der Waals surface area (Å²) in [5.41, 5.74) is 2.58. The maximum absolute atomic E-state index is 12.4. The Bertz CT molecular complexity index is 1380. The zero-order valence-corrected chi connectivity index (χ0v) is 20.9. The van der Waals surface area contributed by atoms with E-state index in [9.17, 15) is 14.7 Å². The van der Waals surface area contributed by atoms with E-state index in [2.05, 4.69) is 0 Å². The predicted molar refractivity (Wildman–Crippen MR) is 120 cm³/mol. The van der Waals surface area contributed by atoms with Crippen molar-refractivity contribution < 1.29 is 44.2 Å². The van der Waals surface area contributed by atoms with Crippen LogP contribution in [0.4, 0.5) is 0 Å². The van der Waals surface area contributed by atoms with Crippen molar-refractivity contribution >= 4 is 39.2 Å². The zero-order chi connectivity index (χ0) is 21.5. The summed E-state index contributed by atoms with van der Waals surface area (Å²) >= 11 is 7.43. The number of nitrogens with zero attached hydrogens (tertiary/aromatic N) is 1. The minimum atomic E-state index is -1.31. The van der Waals surface area contributed by atoms with Crippen LogP contribution in [0, 0.1) is 0 Å². The SMILES string of the molecule is O=C([O-])c1cc(-c2cccc(COc3ccc4c(=O)n(C5CC5)sc4c3)c2)ccc1Cl.[Na+]. The number of carbonyl (C=O) groups excluding carboxylic acids is 1. The van der Waals surface area contributed by atoms with Gasteiger partial charge in [0.15, 0.2) is 0 Å². The Labute approximate surface area is 215 Å². The standard InChI is InChI=1S/C24H18ClNO4S.Na/c25-21-9-4-16(11-20(21)24(28)29)15-3-1-2-14(10-15)13-30-18-7-8-19-22(12-18)31-26(23(19)27)17-5-6-17;/h1-4,7-12,17H,5-6,13H2,(H,28,29);/q;+1/p-1. The van der Waals surface area contributed by atoms with Crippen LogP contribution >= 0.6 is 23.1 Å².